The van der Waals surface area contributed by atoms with E-state index in [9.17, 15) is 9.18 Å². The van der Waals surface area contributed by atoms with E-state index >= 15 is 0 Å². The minimum atomic E-state index is -0.246. The number of hydrogen-bond donors (Lipinski definition) is 0. The van der Waals surface area contributed by atoms with Gasteiger partial charge in [0.1, 0.15) is 28.1 Å². The number of thiazole rings is 1. The van der Waals surface area contributed by atoms with E-state index < -0.39 is 0 Å². The zero-order valence-electron chi connectivity index (χ0n) is 16.5. The predicted molar refractivity (Wildman–Crippen MR) is 117 cm³/mol. The molecule has 1 amide bonds. The fourth-order valence-corrected chi connectivity index (χ4v) is 4.42. The van der Waals surface area contributed by atoms with Crippen LogP contribution in [0.1, 0.15) is 20.4 Å². The van der Waals surface area contributed by atoms with Crippen molar-refractivity contribution in [1.82, 2.24) is 9.88 Å². The molecule has 30 heavy (non-hydrogen) atoms. The number of carbonyl (C=O) groups is 1. The molecule has 1 aliphatic heterocycles. The summed E-state index contributed by atoms with van der Waals surface area (Å²) in [7, 11) is 0. The van der Waals surface area contributed by atoms with Gasteiger partial charge in [0.25, 0.3) is 5.91 Å². The van der Waals surface area contributed by atoms with Crippen LogP contribution in [0, 0.1) is 12.7 Å². The maximum atomic E-state index is 13.1. The lowest BCUT2D eigenvalue weighted by atomic mass is 10.2. The molecule has 0 atom stereocenters. The number of halogens is 2. The van der Waals surface area contributed by atoms with Gasteiger partial charge in [-0.3, -0.25) is 4.79 Å². The first-order valence-corrected chi connectivity index (χ1v) is 10.8. The van der Waals surface area contributed by atoms with Gasteiger partial charge in [-0.15, -0.1) is 11.3 Å². The molecule has 2 heterocycles. The zero-order chi connectivity index (χ0) is 21.1. The standard InChI is InChI=1S/C22H21ClFN3O2S/c1-15-21(30-20(25-15)14-29-19-8-2-16(23)3-9-19)22(28)27-12-10-26(11-13-27)18-6-4-17(24)5-7-18/h2-9H,10-14H2,1H3. The molecular formula is C22H21ClFN3O2S. The number of anilines is 1. The number of aromatic nitrogens is 1. The van der Waals surface area contributed by atoms with Gasteiger partial charge in [0.2, 0.25) is 0 Å². The van der Waals surface area contributed by atoms with Crippen molar-refractivity contribution in [2.45, 2.75) is 13.5 Å². The zero-order valence-corrected chi connectivity index (χ0v) is 18.0. The molecular weight excluding hydrogens is 425 g/mol. The fourth-order valence-electron chi connectivity index (χ4n) is 3.35. The summed E-state index contributed by atoms with van der Waals surface area (Å²) >= 11 is 7.26. The first-order valence-electron chi connectivity index (χ1n) is 9.64. The highest BCUT2D eigenvalue weighted by molar-refractivity contribution is 7.13. The Balaban J connectivity index is 1.35. The number of piperazine rings is 1. The molecule has 1 fully saturated rings. The van der Waals surface area contributed by atoms with Crippen molar-refractivity contribution in [2.75, 3.05) is 31.1 Å². The van der Waals surface area contributed by atoms with Gasteiger partial charge >= 0.3 is 0 Å². The molecule has 1 aromatic heterocycles. The van der Waals surface area contributed by atoms with Crippen molar-refractivity contribution in [2.24, 2.45) is 0 Å². The maximum absolute atomic E-state index is 13.1. The van der Waals surface area contributed by atoms with Gasteiger partial charge in [-0.25, -0.2) is 9.37 Å². The summed E-state index contributed by atoms with van der Waals surface area (Å²) in [6.45, 7) is 4.81. The first kappa shape index (κ1) is 20.6. The predicted octanol–water partition coefficient (Wildman–Crippen LogP) is 4.79. The lowest BCUT2D eigenvalue weighted by molar-refractivity contribution is 0.0750. The Morgan fingerprint density at radius 1 is 1.10 bits per heavy atom. The topological polar surface area (TPSA) is 45.7 Å². The molecule has 1 aliphatic rings. The van der Waals surface area contributed by atoms with Crippen LogP contribution in [0.5, 0.6) is 5.75 Å². The third-order valence-electron chi connectivity index (χ3n) is 4.97. The van der Waals surface area contributed by atoms with Gasteiger partial charge in [0.05, 0.1) is 5.69 Å². The molecule has 5 nitrogen and oxygen atoms in total. The van der Waals surface area contributed by atoms with Gasteiger partial charge in [-0.1, -0.05) is 11.6 Å². The second-order valence-corrected chi connectivity index (χ2v) is 8.54. The molecule has 0 unspecified atom stereocenters. The van der Waals surface area contributed by atoms with E-state index in [1.54, 1.807) is 36.4 Å². The molecule has 4 rings (SSSR count). The number of aryl methyl sites for hydroxylation is 1. The lowest BCUT2D eigenvalue weighted by Crippen LogP contribution is -2.48. The lowest BCUT2D eigenvalue weighted by Gasteiger charge is -2.36. The summed E-state index contributed by atoms with van der Waals surface area (Å²) in [5.41, 5.74) is 1.69. The number of hydrogen-bond acceptors (Lipinski definition) is 5. The average molecular weight is 446 g/mol. The van der Waals surface area contributed by atoms with Crippen LogP contribution in [0.3, 0.4) is 0 Å². The monoisotopic (exact) mass is 445 g/mol. The van der Waals surface area contributed by atoms with Gasteiger partial charge in [-0.05, 0) is 55.5 Å². The summed E-state index contributed by atoms with van der Waals surface area (Å²) in [5, 5.41) is 1.41. The fraction of sp³-hybridized carbons (Fsp3) is 0.273. The van der Waals surface area contributed by atoms with Gasteiger partial charge in [0, 0.05) is 36.9 Å². The number of carbonyl (C=O) groups excluding carboxylic acids is 1. The highest BCUT2D eigenvalue weighted by Gasteiger charge is 2.25. The number of rotatable bonds is 5. The van der Waals surface area contributed by atoms with Crippen molar-refractivity contribution in [1.29, 1.82) is 0 Å². The Morgan fingerprint density at radius 2 is 1.77 bits per heavy atom. The molecule has 0 aliphatic carbocycles. The SMILES string of the molecule is Cc1nc(COc2ccc(Cl)cc2)sc1C(=O)N1CCN(c2ccc(F)cc2)CC1. The van der Waals surface area contributed by atoms with Crippen LogP contribution in [0.2, 0.25) is 5.02 Å². The molecule has 156 valence electrons. The molecule has 0 saturated carbocycles. The summed E-state index contributed by atoms with van der Waals surface area (Å²) in [4.78, 5) is 22.2. The van der Waals surface area contributed by atoms with Crippen molar-refractivity contribution < 1.29 is 13.9 Å². The second kappa shape index (κ2) is 9.02. The molecule has 0 N–H and O–H groups in total. The number of amides is 1. The average Bonchev–Trinajstić information content (AvgIpc) is 3.14. The minimum absolute atomic E-state index is 0.00139. The molecule has 3 aromatic rings. The van der Waals surface area contributed by atoms with E-state index in [0.717, 1.165) is 16.4 Å². The molecule has 8 heteroatoms. The molecule has 0 radical (unpaired) electrons. The quantitative estimate of drug-likeness (QED) is 0.566. The van der Waals surface area contributed by atoms with Crippen LogP contribution in [-0.4, -0.2) is 42.0 Å². The van der Waals surface area contributed by atoms with E-state index in [2.05, 4.69) is 9.88 Å². The van der Waals surface area contributed by atoms with E-state index in [0.29, 0.717) is 48.4 Å². The Morgan fingerprint density at radius 3 is 2.43 bits per heavy atom. The van der Waals surface area contributed by atoms with Crippen molar-refractivity contribution in [3.8, 4) is 5.75 Å². The van der Waals surface area contributed by atoms with Crippen molar-refractivity contribution in [3.63, 3.8) is 0 Å². The summed E-state index contributed by atoms with van der Waals surface area (Å²) in [5.74, 6) is 0.461. The minimum Gasteiger partial charge on any atom is -0.486 e. The Labute approximate surface area is 183 Å². The van der Waals surface area contributed by atoms with E-state index in [1.165, 1.54) is 23.5 Å². The maximum Gasteiger partial charge on any atom is 0.265 e. The van der Waals surface area contributed by atoms with Crippen LogP contribution < -0.4 is 9.64 Å². The summed E-state index contributed by atoms with van der Waals surface area (Å²) in [6.07, 6.45) is 0. The highest BCUT2D eigenvalue weighted by Crippen LogP contribution is 2.24. The first-order chi connectivity index (χ1) is 14.5. The third kappa shape index (κ3) is 4.74. The largest absolute Gasteiger partial charge is 0.486 e. The normalized spacial score (nSPS) is 14.1. The molecule has 0 spiro atoms. The number of ether oxygens (including phenoxy) is 1. The van der Waals surface area contributed by atoms with E-state index in [-0.39, 0.29) is 11.7 Å². The van der Waals surface area contributed by atoms with Crippen LogP contribution >= 0.6 is 22.9 Å². The Bertz CT molecular complexity index is 1020. The molecule has 1 saturated heterocycles. The molecule has 2 aromatic carbocycles. The van der Waals surface area contributed by atoms with Gasteiger partial charge in [-0.2, -0.15) is 0 Å². The Hall–Kier alpha value is -2.64. The van der Waals surface area contributed by atoms with Crippen LogP contribution in [0.4, 0.5) is 10.1 Å². The van der Waals surface area contributed by atoms with Crippen molar-refractivity contribution in [3.05, 3.63) is 74.9 Å². The third-order valence-corrected chi connectivity index (χ3v) is 6.34. The summed E-state index contributed by atoms with van der Waals surface area (Å²) < 4.78 is 18.9. The number of nitrogens with zero attached hydrogens (tertiary/aromatic N) is 3. The summed E-state index contributed by atoms with van der Waals surface area (Å²) in [6, 6.07) is 13.6. The van der Waals surface area contributed by atoms with Crippen LogP contribution in [-0.2, 0) is 6.61 Å². The van der Waals surface area contributed by atoms with Crippen LogP contribution in [0.25, 0.3) is 0 Å². The van der Waals surface area contributed by atoms with Gasteiger partial charge in [0.15, 0.2) is 0 Å². The number of benzene rings is 2. The van der Waals surface area contributed by atoms with E-state index in [4.69, 9.17) is 16.3 Å². The van der Waals surface area contributed by atoms with Crippen molar-refractivity contribution >= 4 is 34.5 Å². The molecule has 0 bridgehead atoms. The van der Waals surface area contributed by atoms with Crippen LogP contribution in [0.15, 0.2) is 48.5 Å². The van der Waals surface area contributed by atoms with E-state index in [1.807, 2.05) is 11.8 Å². The second-order valence-electron chi connectivity index (χ2n) is 7.02. The highest BCUT2D eigenvalue weighted by atomic mass is 35.5. The van der Waals surface area contributed by atoms with Gasteiger partial charge < -0.3 is 14.5 Å². The Kier molecular flexibility index (Phi) is 6.20. The smallest absolute Gasteiger partial charge is 0.265 e.